The van der Waals surface area contributed by atoms with Gasteiger partial charge in [0.15, 0.2) is 0 Å². The van der Waals surface area contributed by atoms with Gasteiger partial charge in [0.25, 0.3) is 0 Å². The van der Waals surface area contributed by atoms with Crippen LogP contribution in [0.5, 0.6) is 5.75 Å². The molecule has 0 amide bonds. The summed E-state index contributed by atoms with van der Waals surface area (Å²) in [6.07, 6.45) is 0.756. The summed E-state index contributed by atoms with van der Waals surface area (Å²) >= 11 is 5.93. The Labute approximate surface area is 130 Å². The Morgan fingerprint density at radius 2 is 2.24 bits per heavy atom. The number of benzene rings is 1. The van der Waals surface area contributed by atoms with E-state index in [0.717, 1.165) is 30.1 Å². The lowest BCUT2D eigenvalue weighted by atomic mass is 10.1. The fourth-order valence-corrected chi connectivity index (χ4v) is 2.39. The molecule has 0 aliphatic carbocycles. The lowest BCUT2D eigenvalue weighted by molar-refractivity contribution is 0.262. The number of aryl methyl sites for hydroxylation is 2. The van der Waals surface area contributed by atoms with E-state index in [0.29, 0.717) is 11.6 Å². The number of rotatable bonds is 7. The molecule has 0 aliphatic heterocycles. The molecule has 5 nitrogen and oxygen atoms in total. The molecule has 114 valence electrons. The number of nitrogens with one attached hydrogen (secondary N) is 1. The first-order valence-corrected chi connectivity index (χ1v) is 7.38. The lowest BCUT2D eigenvalue weighted by Gasteiger charge is -2.17. The van der Waals surface area contributed by atoms with E-state index >= 15 is 0 Å². The zero-order valence-corrected chi connectivity index (χ0v) is 13.1. The highest BCUT2D eigenvalue weighted by Crippen LogP contribution is 2.17. The molecule has 0 bridgehead atoms. The van der Waals surface area contributed by atoms with Gasteiger partial charge in [0.2, 0.25) is 0 Å². The summed E-state index contributed by atoms with van der Waals surface area (Å²) in [6, 6.07) is 9.42. The molecule has 0 saturated carbocycles. The molecule has 1 aromatic carbocycles. The molecule has 0 radical (unpaired) electrons. The first-order valence-electron chi connectivity index (χ1n) is 7.00. The largest absolute Gasteiger partial charge is 0.492 e. The highest BCUT2D eigenvalue weighted by Gasteiger charge is 2.13. The number of halogens is 1. The minimum Gasteiger partial charge on any atom is -0.492 e. The second kappa shape index (κ2) is 7.45. The van der Waals surface area contributed by atoms with Gasteiger partial charge in [0.05, 0.1) is 11.7 Å². The van der Waals surface area contributed by atoms with Crippen molar-refractivity contribution < 1.29 is 4.74 Å². The van der Waals surface area contributed by atoms with Gasteiger partial charge in [-0.05, 0) is 38.1 Å². The van der Waals surface area contributed by atoms with E-state index < -0.39 is 0 Å². The third-order valence-corrected chi connectivity index (χ3v) is 3.46. The quantitative estimate of drug-likeness (QED) is 0.608. The first-order chi connectivity index (χ1) is 10.1. The van der Waals surface area contributed by atoms with Crippen molar-refractivity contribution in [3.8, 4) is 5.75 Å². The van der Waals surface area contributed by atoms with Crippen LogP contribution in [0, 0.1) is 6.92 Å². The van der Waals surface area contributed by atoms with Gasteiger partial charge in [-0.1, -0.05) is 17.7 Å². The van der Waals surface area contributed by atoms with Crippen LogP contribution in [0.1, 0.15) is 18.3 Å². The number of hydrogen-bond acceptors (Lipinski definition) is 4. The van der Waals surface area contributed by atoms with Crippen molar-refractivity contribution in [3.05, 3.63) is 46.7 Å². The standard InChI is InChI=1S/C15H21ClN4O/c1-3-20-14(7-11(2)19-20)9-13(18-17)10-21-15-6-4-5-12(16)8-15/h4-8,13,18H,3,9-10,17H2,1-2H3. The number of nitrogens with zero attached hydrogens (tertiary/aromatic N) is 2. The second-order valence-electron chi connectivity index (χ2n) is 4.93. The highest BCUT2D eigenvalue weighted by atomic mass is 35.5. The second-order valence-corrected chi connectivity index (χ2v) is 5.37. The highest BCUT2D eigenvalue weighted by molar-refractivity contribution is 6.30. The van der Waals surface area contributed by atoms with Gasteiger partial charge in [-0.25, -0.2) is 0 Å². The molecule has 6 heteroatoms. The predicted octanol–water partition coefficient (Wildman–Crippen LogP) is 2.32. The van der Waals surface area contributed by atoms with Crippen molar-refractivity contribution in [2.24, 2.45) is 5.84 Å². The van der Waals surface area contributed by atoms with Crippen LogP contribution >= 0.6 is 11.6 Å². The molecule has 21 heavy (non-hydrogen) atoms. The van der Waals surface area contributed by atoms with E-state index in [1.54, 1.807) is 6.07 Å². The van der Waals surface area contributed by atoms with Crippen LogP contribution in [0.4, 0.5) is 0 Å². The SMILES string of the molecule is CCn1nc(C)cc1CC(COc1cccc(Cl)c1)NN. The minimum absolute atomic E-state index is 0.00498. The maximum absolute atomic E-state index is 5.93. The molecule has 1 aromatic heterocycles. The van der Waals surface area contributed by atoms with Gasteiger partial charge in [-0.15, -0.1) is 0 Å². The van der Waals surface area contributed by atoms with Crippen molar-refractivity contribution in [1.29, 1.82) is 0 Å². The Morgan fingerprint density at radius 1 is 1.43 bits per heavy atom. The van der Waals surface area contributed by atoms with Crippen LogP contribution in [-0.4, -0.2) is 22.4 Å². The van der Waals surface area contributed by atoms with Crippen LogP contribution in [0.25, 0.3) is 0 Å². The topological polar surface area (TPSA) is 65.1 Å². The third kappa shape index (κ3) is 4.46. The normalized spacial score (nSPS) is 12.4. The summed E-state index contributed by atoms with van der Waals surface area (Å²) in [5.74, 6) is 6.37. The van der Waals surface area contributed by atoms with Crippen molar-refractivity contribution in [2.45, 2.75) is 32.9 Å². The van der Waals surface area contributed by atoms with Crippen LogP contribution in [-0.2, 0) is 13.0 Å². The summed E-state index contributed by atoms with van der Waals surface area (Å²) in [5, 5.41) is 5.09. The smallest absolute Gasteiger partial charge is 0.120 e. The Balaban J connectivity index is 1.96. The van der Waals surface area contributed by atoms with E-state index in [1.807, 2.05) is 29.8 Å². The van der Waals surface area contributed by atoms with E-state index in [1.165, 1.54) is 0 Å². The fraction of sp³-hybridized carbons (Fsp3) is 0.400. The average Bonchev–Trinajstić information content (AvgIpc) is 2.83. The summed E-state index contributed by atoms with van der Waals surface area (Å²) in [7, 11) is 0. The van der Waals surface area contributed by atoms with Crippen LogP contribution < -0.4 is 16.0 Å². The van der Waals surface area contributed by atoms with Gasteiger partial charge in [0, 0.05) is 23.7 Å². The third-order valence-electron chi connectivity index (χ3n) is 3.22. The van der Waals surface area contributed by atoms with Crippen LogP contribution in [0.2, 0.25) is 5.02 Å². The molecule has 1 unspecified atom stereocenters. The molecule has 1 atom stereocenters. The summed E-state index contributed by atoms with van der Waals surface area (Å²) in [6.45, 7) is 5.37. The van der Waals surface area contributed by atoms with Crippen molar-refractivity contribution in [3.63, 3.8) is 0 Å². The average molecular weight is 309 g/mol. The minimum atomic E-state index is 0.00498. The van der Waals surface area contributed by atoms with Gasteiger partial charge in [-0.2, -0.15) is 5.10 Å². The van der Waals surface area contributed by atoms with E-state index in [-0.39, 0.29) is 6.04 Å². The van der Waals surface area contributed by atoms with Gasteiger partial charge < -0.3 is 4.74 Å². The van der Waals surface area contributed by atoms with Gasteiger partial charge in [-0.3, -0.25) is 16.0 Å². The number of hydrogen-bond donors (Lipinski definition) is 2. The molecule has 0 spiro atoms. The predicted molar refractivity (Wildman–Crippen MR) is 84.4 cm³/mol. The van der Waals surface area contributed by atoms with Crippen molar-refractivity contribution in [1.82, 2.24) is 15.2 Å². The van der Waals surface area contributed by atoms with Gasteiger partial charge in [0.1, 0.15) is 12.4 Å². The van der Waals surface area contributed by atoms with E-state index in [4.69, 9.17) is 22.2 Å². The molecule has 0 saturated heterocycles. The van der Waals surface area contributed by atoms with E-state index in [2.05, 4.69) is 23.5 Å². The molecule has 2 rings (SSSR count). The zero-order valence-electron chi connectivity index (χ0n) is 12.3. The lowest BCUT2D eigenvalue weighted by Crippen LogP contribution is -2.41. The Bertz CT molecular complexity index is 585. The molecule has 0 aliphatic rings. The van der Waals surface area contributed by atoms with Crippen molar-refractivity contribution in [2.75, 3.05) is 6.61 Å². The van der Waals surface area contributed by atoms with E-state index in [9.17, 15) is 0 Å². The molecule has 1 heterocycles. The Kier molecular flexibility index (Phi) is 5.61. The number of nitrogens with two attached hydrogens (primary N) is 1. The monoisotopic (exact) mass is 308 g/mol. The van der Waals surface area contributed by atoms with Crippen LogP contribution in [0.3, 0.4) is 0 Å². The number of ether oxygens (including phenoxy) is 1. The molecule has 0 fully saturated rings. The fourth-order valence-electron chi connectivity index (χ4n) is 2.21. The summed E-state index contributed by atoms with van der Waals surface area (Å²) in [4.78, 5) is 0. The maximum Gasteiger partial charge on any atom is 0.120 e. The van der Waals surface area contributed by atoms with Crippen molar-refractivity contribution >= 4 is 11.6 Å². The van der Waals surface area contributed by atoms with Gasteiger partial charge >= 0.3 is 0 Å². The molecule has 2 aromatic rings. The molecular weight excluding hydrogens is 288 g/mol. The number of hydrazine groups is 1. The summed E-state index contributed by atoms with van der Waals surface area (Å²) in [5.41, 5.74) is 4.96. The first kappa shape index (κ1) is 15.8. The Morgan fingerprint density at radius 3 is 2.90 bits per heavy atom. The Hall–Kier alpha value is -1.56. The maximum atomic E-state index is 5.93. The summed E-state index contributed by atoms with van der Waals surface area (Å²) < 4.78 is 7.72. The number of aromatic nitrogens is 2. The van der Waals surface area contributed by atoms with Crippen LogP contribution in [0.15, 0.2) is 30.3 Å². The zero-order chi connectivity index (χ0) is 15.2. The molecular formula is C15H21ClN4O. The molecule has 3 N–H and O–H groups in total.